The fourth-order valence-electron chi connectivity index (χ4n) is 3.17. The number of para-hydroxylation sites is 1. The molecule has 0 aliphatic carbocycles. The number of aryl methyl sites for hydroxylation is 1. The molecule has 1 aliphatic heterocycles. The average molecular weight is 344 g/mol. The highest BCUT2D eigenvalue weighted by atomic mass is 32.2. The first-order chi connectivity index (χ1) is 11.4. The van der Waals surface area contributed by atoms with Crippen molar-refractivity contribution >= 4 is 15.5 Å². The summed E-state index contributed by atoms with van der Waals surface area (Å²) in [6.07, 6.45) is 1.24. The molecule has 0 unspecified atom stereocenters. The summed E-state index contributed by atoms with van der Waals surface area (Å²) >= 11 is 0. The smallest absolute Gasteiger partial charge is 0.175 e. The van der Waals surface area contributed by atoms with Crippen molar-refractivity contribution in [3.05, 3.63) is 59.7 Å². The third kappa shape index (κ3) is 3.97. The highest BCUT2D eigenvalue weighted by Crippen LogP contribution is 2.21. The van der Waals surface area contributed by atoms with Gasteiger partial charge in [-0.1, -0.05) is 30.3 Å². The number of rotatable bonds is 4. The van der Waals surface area contributed by atoms with Gasteiger partial charge in [-0.3, -0.25) is 4.90 Å². The Hall–Kier alpha value is -1.85. The van der Waals surface area contributed by atoms with E-state index in [4.69, 9.17) is 0 Å². The van der Waals surface area contributed by atoms with Gasteiger partial charge in [-0.2, -0.15) is 0 Å². The van der Waals surface area contributed by atoms with Crippen molar-refractivity contribution in [1.82, 2.24) is 4.90 Å². The van der Waals surface area contributed by atoms with Crippen molar-refractivity contribution < 1.29 is 8.42 Å². The van der Waals surface area contributed by atoms with E-state index in [1.807, 2.05) is 12.1 Å². The third-order valence-corrected chi connectivity index (χ3v) is 5.71. The molecular weight excluding hydrogens is 320 g/mol. The molecular formula is C19H24N2O2S. The van der Waals surface area contributed by atoms with Gasteiger partial charge in [0.1, 0.15) is 0 Å². The van der Waals surface area contributed by atoms with Gasteiger partial charge < -0.3 is 4.90 Å². The van der Waals surface area contributed by atoms with Crippen LogP contribution in [-0.4, -0.2) is 45.8 Å². The highest BCUT2D eigenvalue weighted by molar-refractivity contribution is 7.90. The largest absolute Gasteiger partial charge is 0.369 e. The van der Waals surface area contributed by atoms with Crippen LogP contribution in [0.4, 0.5) is 5.69 Å². The van der Waals surface area contributed by atoms with Gasteiger partial charge in [-0.15, -0.1) is 0 Å². The Morgan fingerprint density at radius 3 is 2.12 bits per heavy atom. The Balaban J connectivity index is 1.59. The minimum atomic E-state index is -3.11. The molecule has 2 aromatic carbocycles. The molecule has 0 bridgehead atoms. The molecule has 0 spiro atoms. The van der Waals surface area contributed by atoms with Crippen LogP contribution in [0.25, 0.3) is 0 Å². The Labute approximate surface area is 144 Å². The standard InChI is InChI=1S/C19H24N2O2S/c1-16-5-3-4-6-19(16)21-13-11-20(12-14-21)15-17-7-9-18(10-8-17)24(2,22)23/h3-10H,11-15H2,1-2H3. The number of benzene rings is 2. The van der Waals surface area contributed by atoms with Crippen molar-refractivity contribution in [3.8, 4) is 0 Å². The molecule has 0 atom stereocenters. The van der Waals surface area contributed by atoms with Crippen molar-refractivity contribution in [1.29, 1.82) is 0 Å². The van der Waals surface area contributed by atoms with Crippen LogP contribution in [0.3, 0.4) is 0 Å². The Morgan fingerprint density at radius 2 is 1.54 bits per heavy atom. The Bertz CT molecular complexity index is 792. The van der Waals surface area contributed by atoms with Gasteiger partial charge in [0.05, 0.1) is 4.90 Å². The van der Waals surface area contributed by atoms with E-state index in [9.17, 15) is 8.42 Å². The van der Waals surface area contributed by atoms with Crippen LogP contribution in [0.2, 0.25) is 0 Å². The molecule has 24 heavy (non-hydrogen) atoms. The fraction of sp³-hybridized carbons (Fsp3) is 0.368. The molecule has 4 nitrogen and oxygen atoms in total. The summed E-state index contributed by atoms with van der Waals surface area (Å²) in [4.78, 5) is 5.25. The van der Waals surface area contributed by atoms with Gasteiger partial charge in [0.25, 0.3) is 0 Å². The van der Waals surface area contributed by atoms with Crippen LogP contribution in [0.1, 0.15) is 11.1 Å². The molecule has 1 fully saturated rings. The highest BCUT2D eigenvalue weighted by Gasteiger charge is 2.18. The summed E-state index contributed by atoms with van der Waals surface area (Å²) < 4.78 is 23.0. The summed E-state index contributed by atoms with van der Waals surface area (Å²) in [5.74, 6) is 0. The number of piperazine rings is 1. The van der Waals surface area contributed by atoms with Crippen LogP contribution >= 0.6 is 0 Å². The van der Waals surface area contributed by atoms with Crippen molar-refractivity contribution in [3.63, 3.8) is 0 Å². The molecule has 0 saturated carbocycles. The zero-order chi connectivity index (χ0) is 17.2. The zero-order valence-electron chi connectivity index (χ0n) is 14.3. The zero-order valence-corrected chi connectivity index (χ0v) is 15.1. The lowest BCUT2D eigenvalue weighted by molar-refractivity contribution is 0.250. The molecule has 0 aromatic heterocycles. The predicted molar refractivity (Wildman–Crippen MR) is 98.2 cm³/mol. The monoisotopic (exact) mass is 344 g/mol. The minimum Gasteiger partial charge on any atom is -0.369 e. The van der Waals surface area contributed by atoms with Gasteiger partial charge in [0.2, 0.25) is 0 Å². The lowest BCUT2D eigenvalue weighted by Gasteiger charge is -2.36. The second kappa shape index (κ2) is 6.95. The summed E-state index contributed by atoms with van der Waals surface area (Å²) in [5, 5.41) is 0. The molecule has 128 valence electrons. The van der Waals surface area contributed by atoms with Gasteiger partial charge in [0.15, 0.2) is 9.84 Å². The lowest BCUT2D eigenvalue weighted by atomic mass is 10.1. The van der Waals surface area contributed by atoms with Crippen LogP contribution in [-0.2, 0) is 16.4 Å². The van der Waals surface area contributed by atoms with Gasteiger partial charge >= 0.3 is 0 Å². The van der Waals surface area contributed by atoms with Crippen LogP contribution < -0.4 is 4.90 Å². The second-order valence-electron chi connectivity index (χ2n) is 6.47. The first kappa shape index (κ1) is 17.0. The third-order valence-electron chi connectivity index (χ3n) is 4.59. The van der Waals surface area contributed by atoms with Crippen molar-refractivity contribution in [2.75, 3.05) is 37.3 Å². The number of hydrogen-bond donors (Lipinski definition) is 0. The summed E-state index contributed by atoms with van der Waals surface area (Å²) in [6, 6.07) is 15.8. The van der Waals surface area contributed by atoms with E-state index < -0.39 is 9.84 Å². The molecule has 0 N–H and O–H groups in total. The van der Waals surface area contributed by atoms with Crippen LogP contribution in [0.5, 0.6) is 0 Å². The quantitative estimate of drug-likeness (QED) is 0.855. The van der Waals surface area contributed by atoms with E-state index >= 15 is 0 Å². The molecule has 0 radical (unpaired) electrons. The SMILES string of the molecule is Cc1ccccc1N1CCN(Cc2ccc(S(C)(=O)=O)cc2)CC1. The molecule has 0 amide bonds. The minimum absolute atomic E-state index is 0.385. The number of hydrogen-bond acceptors (Lipinski definition) is 4. The maximum absolute atomic E-state index is 11.5. The molecule has 5 heteroatoms. The molecule has 1 saturated heterocycles. The normalized spacial score (nSPS) is 16.3. The van der Waals surface area contributed by atoms with Gasteiger partial charge in [0, 0.05) is 44.7 Å². The molecule has 1 heterocycles. The van der Waals surface area contributed by atoms with Gasteiger partial charge in [-0.25, -0.2) is 8.42 Å². The first-order valence-electron chi connectivity index (χ1n) is 8.25. The van der Waals surface area contributed by atoms with Crippen LogP contribution in [0.15, 0.2) is 53.4 Å². The topological polar surface area (TPSA) is 40.6 Å². The van der Waals surface area contributed by atoms with Crippen molar-refractivity contribution in [2.24, 2.45) is 0 Å². The predicted octanol–water partition coefficient (Wildman–Crippen LogP) is 2.72. The molecule has 2 aromatic rings. The second-order valence-corrected chi connectivity index (χ2v) is 8.48. The maximum atomic E-state index is 11.5. The fourth-order valence-corrected chi connectivity index (χ4v) is 3.80. The molecule has 1 aliphatic rings. The number of anilines is 1. The van der Waals surface area contributed by atoms with E-state index in [0.29, 0.717) is 4.90 Å². The Morgan fingerprint density at radius 1 is 0.917 bits per heavy atom. The average Bonchev–Trinajstić information content (AvgIpc) is 2.56. The van der Waals surface area contributed by atoms with E-state index in [1.54, 1.807) is 12.1 Å². The summed E-state index contributed by atoms with van der Waals surface area (Å²) in [7, 11) is -3.11. The van der Waals surface area contributed by atoms with E-state index in [0.717, 1.165) is 38.3 Å². The van der Waals surface area contributed by atoms with Crippen LogP contribution in [0, 0.1) is 6.92 Å². The maximum Gasteiger partial charge on any atom is 0.175 e. The van der Waals surface area contributed by atoms with E-state index in [1.165, 1.54) is 17.5 Å². The van der Waals surface area contributed by atoms with E-state index in [-0.39, 0.29) is 0 Å². The first-order valence-corrected chi connectivity index (χ1v) is 10.1. The Kier molecular flexibility index (Phi) is 4.92. The summed E-state index contributed by atoms with van der Waals surface area (Å²) in [5.41, 5.74) is 3.81. The van der Waals surface area contributed by atoms with E-state index in [2.05, 4.69) is 41.0 Å². The lowest BCUT2D eigenvalue weighted by Crippen LogP contribution is -2.46. The number of nitrogens with zero attached hydrogens (tertiary/aromatic N) is 2. The number of sulfone groups is 1. The van der Waals surface area contributed by atoms with Crippen molar-refractivity contribution in [2.45, 2.75) is 18.4 Å². The summed E-state index contributed by atoms with van der Waals surface area (Å²) in [6.45, 7) is 7.10. The molecule has 3 rings (SSSR count). The van der Waals surface area contributed by atoms with Gasteiger partial charge in [-0.05, 0) is 36.2 Å².